The van der Waals surface area contributed by atoms with Crippen LogP contribution >= 0.6 is 0 Å². The summed E-state index contributed by atoms with van der Waals surface area (Å²) in [6, 6.07) is 5.07. The van der Waals surface area contributed by atoms with Crippen LogP contribution in [-0.2, 0) is 14.3 Å². The minimum absolute atomic E-state index is 0.0979. The van der Waals surface area contributed by atoms with Crippen LogP contribution < -0.4 is 14.4 Å². The SMILES string of the molecule is CCOC(=O)CCN(CC(=O)O)c1cc(OC)cc(OC)c1. The Balaban J connectivity index is 2.95. The molecule has 0 saturated heterocycles. The summed E-state index contributed by atoms with van der Waals surface area (Å²) in [6.07, 6.45) is 0.0979. The highest BCUT2D eigenvalue weighted by atomic mass is 16.5. The number of methoxy groups -OCH3 is 2. The molecular formula is C15H21NO6. The van der Waals surface area contributed by atoms with Gasteiger partial charge in [0.05, 0.1) is 27.2 Å². The minimum Gasteiger partial charge on any atom is -0.497 e. The van der Waals surface area contributed by atoms with E-state index >= 15 is 0 Å². The third-order valence-corrected chi connectivity index (χ3v) is 2.92. The molecule has 0 aliphatic heterocycles. The lowest BCUT2D eigenvalue weighted by Crippen LogP contribution is -2.32. The predicted octanol–water partition coefficient (Wildman–Crippen LogP) is 1.55. The van der Waals surface area contributed by atoms with Gasteiger partial charge in [0.25, 0.3) is 0 Å². The van der Waals surface area contributed by atoms with Gasteiger partial charge in [-0.05, 0) is 6.92 Å². The van der Waals surface area contributed by atoms with Gasteiger partial charge in [0, 0.05) is 30.4 Å². The second-order valence-corrected chi connectivity index (χ2v) is 4.44. The fourth-order valence-electron chi connectivity index (χ4n) is 1.90. The van der Waals surface area contributed by atoms with E-state index in [1.54, 1.807) is 30.0 Å². The van der Waals surface area contributed by atoms with Crippen LogP contribution in [0, 0.1) is 0 Å². The molecule has 0 aromatic heterocycles. The molecule has 7 heteroatoms. The third-order valence-electron chi connectivity index (χ3n) is 2.92. The van der Waals surface area contributed by atoms with Crippen molar-refractivity contribution >= 4 is 17.6 Å². The van der Waals surface area contributed by atoms with Crippen molar-refractivity contribution < 1.29 is 28.9 Å². The van der Waals surface area contributed by atoms with Gasteiger partial charge in [-0.3, -0.25) is 9.59 Å². The molecule has 0 radical (unpaired) electrons. The lowest BCUT2D eigenvalue weighted by Gasteiger charge is -2.23. The van der Waals surface area contributed by atoms with Crippen LogP contribution in [0.1, 0.15) is 13.3 Å². The summed E-state index contributed by atoms with van der Waals surface area (Å²) in [5.74, 6) is -0.278. The van der Waals surface area contributed by atoms with E-state index < -0.39 is 5.97 Å². The Kier molecular flexibility index (Phi) is 7.01. The van der Waals surface area contributed by atoms with Crippen molar-refractivity contribution in [3.8, 4) is 11.5 Å². The van der Waals surface area contributed by atoms with Gasteiger partial charge in [-0.2, -0.15) is 0 Å². The summed E-state index contributed by atoms with van der Waals surface area (Å²) in [4.78, 5) is 24.1. The molecule has 0 saturated carbocycles. The normalized spacial score (nSPS) is 9.95. The number of carbonyl (C=O) groups is 2. The number of hydrogen-bond acceptors (Lipinski definition) is 6. The molecule has 0 atom stereocenters. The predicted molar refractivity (Wildman–Crippen MR) is 80.6 cm³/mol. The first-order valence-electron chi connectivity index (χ1n) is 6.85. The van der Waals surface area contributed by atoms with Crippen LogP contribution in [0.4, 0.5) is 5.69 Å². The standard InChI is InChI=1S/C15H21NO6/c1-4-22-15(19)5-6-16(10-14(17)18)11-7-12(20-2)9-13(8-11)21-3/h7-9H,4-6,10H2,1-3H3,(H,17,18). The second kappa shape index (κ2) is 8.76. The molecule has 1 aromatic rings. The largest absolute Gasteiger partial charge is 0.497 e. The van der Waals surface area contributed by atoms with Crippen molar-refractivity contribution in [3.05, 3.63) is 18.2 Å². The highest BCUT2D eigenvalue weighted by Crippen LogP contribution is 2.28. The van der Waals surface area contributed by atoms with Gasteiger partial charge >= 0.3 is 11.9 Å². The number of ether oxygens (including phenoxy) is 3. The second-order valence-electron chi connectivity index (χ2n) is 4.44. The van der Waals surface area contributed by atoms with Gasteiger partial charge in [0.2, 0.25) is 0 Å². The van der Waals surface area contributed by atoms with Crippen molar-refractivity contribution in [3.63, 3.8) is 0 Å². The number of aliphatic carboxylic acids is 1. The smallest absolute Gasteiger partial charge is 0.323 e. The summed E-state index contributed by atoms with van der Waals surface area (Å²) < 4.78 is 15.2. The van der Waals surface area contributed by atoms with E-state index in [2.05, 4.69) is 0 Å². The van der Waals surface area contributed by atoms with Crippen LogP contribution in [0.3, 0.4) is 0 Å². The molecule has 1 rings (SSSR count). The van der Waals surface area contributed by atoms with Gasteiger partial charge in [-0.15, -0.1) is 0 Å². The van der Waals surface area contributed by atoms with Crippen molar-refractivity contribution in [2.45, 2.75) is 13.3 Å². The molecule has 0 fully saturated rings. The number of esters is 1. The van der Waals surface area contributed by atoms with Crippen LogP contribution in [0.2, 0.25) is 0 Å². The van der Waals surface area contributed by atoms with Crippen LogP contribution in [0.25, 0.3) is 0 Å². The number of benzene rings is 1. The maximum atomic E-state index is 11.5. The molecular weight excluding hydrogens is 290 g/mol. The van der Waals surface area contributed by atoms with Crippen LogP contribution in [0.15, 0.2) is 18.2 Å². The van der Waals surface area contributed by atoms with E-state index in [0.29, 0.717) is 23.8 Å². The van der Waals surface area contributed by atoms with Gasteiger partial charge in [-0.1, -0.05) is 0 Å². The first-order valence-corrected chi connectivity index (χ1v) is 6.85. The zero-order chi connectivity index (χ0) is 16.5. The Morgan fingerprint density at radius 3 is 2.18 bits per heavy atom. The molecule has 0 unspecified atom stereocenters. The molecule has 0 aliphatic carbocycles. The summed E-state index contributed by atoms with van der Waals surface area (Å²) >= 11 is 0. The Morgan fingerprint density at radius 1 is 1.14 bits per heavy atom. The summed E-state index contributed by atoms with van der Waals surface area (Å²) in [5.41, 5.74) is 0.600. The maximum Gasteiger partial charge on any atom is 0.323 e. The van der Waals surface area contributed by atoms with Crippen molar-refractivity contribution in [1.82, 2.24) is 0 Å². The van der Waals surface area contributed by atoms with E-state index in [0.717, 1.165) is 0 Å². The quantitative estimate of drug-likeness (QED) is 0.692. The number of hydrogen-bond donors (Lipinski definition) is 1. The molecule has 0 aliphatic rings. The number of carboxylic acids is 1. The fraction of sp³-hybridized carbons (Fsp3) is 0.467. The molecule has 22 heavy (non-hydrogen) atoms. The lowest BCUT2D eigenvalue weighted by atomic mass is 10.2. The molecule has 0 spiro atoms. The average Bonchev–Trinajstić information content (AvgIpc) is 2.50. The first-order chi connectivity index (χ1) is 10.5. The monoisotopic (exact) mass is 311 g/mol. The van der Waals surface area contributed by atoms with Gasteiger partial charge in [0.1, 0.15) is 18.0 Å². The number of anilines is 1. The highest BCUT2D eigenvalue weighted by molar-refractivity contribution is 5.75. The topological polar surface area (TPSA) is 85.3 Å². The molecule has 0 heterocycles. The summed E-state index contributed by atoms with van der Waals surface area (Å²) in [6.45, 7) is 2.00. The van der Waals surface area contributed by atoms with E-state index in [1.165, 1.54) is 14.2 Å². The van der Waals surface area contributed by atoms with E-state index in [1.807, 2.05) is 0 Å². The molecule has 0 bridgehead atoms. The number of nitrogens with zero attached hydrogens (tertiary/aromatic N) is 1. The molecule has 7 nitrogen and oxygen atoms in total. The fourth-order valence-corrected chi connectivity index (χ4v) is 1.90. The number of carbonyl (C=O) groups excluding carboxylic acids is 1. The molecule has 1 N–H and O–H groups in total. The Morgan fingerprint density at radius 2 is 1.73 bits per heavy atom. The van der Waals surface area contributed by atoms with E-state index in [4.69, 9.17) is 19.3 Å². The van der Waals surface area contributed by atoms with Crippen molar-refractivity contribution in [2.24, 2.45) is 0 Å². The summed E-state index contributed by atoms with van der Waals surface area (Å²) in [5, 5.41) is 9.05. The van der Waals surface area contributed by atoms with Crippen molar-refractivity contribution in [2.75, 3.05) is 38.8 Å². The number of carboxylic acid groups (broad SMARTS) is 1. The first kappa shape index (κ1) is 17.6. The molecule has 1 aromatic carbocycles. The van der Waals surface area contributed by atoms with Crippen LogP contribution in [-0.4, -0.2) is 51.0 Å². The number of rotatable bonds is 9. The van der Waals surface area contributed by atoms with E-state index in [9.17, 15) is 9.59 Å². The van der Waals surface area contributed by atoms with Gasteiger partial charge in [0.15, 0.2) is 0 Å². The van der Waals surface area contributed by atoms with Crippen molar-refractivity contribution in [1.29, 1.82) is 0 Å². The lowest BCUT2D eigenvalue weighted by molar-refractivity contribution is -0.143. The highest BCUT2D eigenvalue weighted by Gasteiger charge is 2.15. The van der Waals surface area contributed by atoms with Gasteiger partial charge in [-0.25, -0.2) is 0 Å². The zero-order valence-corrected chi connectivity index (χ0v) is 13.0. The summed E-state index contributed by atoms with van der Waals surface area (Å²) in [7, 11) is 3.03. The van der Waals surface area contributed by atoms with Gasteiger partial charge < -0.3 is 24.2 Å². The van der Waals surface area contributed by atoms with Crippen LogP contribution in [0.5, 0.6) is 11.5 Å². The Bertz CT molecular complexity index is 495. The third kappa shape index (κ3) is 5.51. The Hall–Kier alpha value is -2.44. The van der Waals surface area contributed by atoms with E-state index in [-0.39, 0.29) is 25.5 Å². The molecule has 0 amide bonds. The zero-order valence-electron chi connectivity index (χ0n) is 13.0. The minimum atomic E-state index is -0.995. The average molecular weight is 311 g/mol. The Labute approximate surface area is 129 Å². The molecule has 122 valence electrons. The maximum absolute atomic E-state index is 11.5.